The van der Waals surface area contributed by atoms with Gasteiger partial charge in [-0.3, -0.25) is 4.79 Å². The third-order valence-corrected chi connectivity index (χ3v) is 3.76. The topological polar surface area (TPSA) is 87.2 Å². The van der Waals surface area contributed by atoms with Crippen LogP contribution in [0.2, 0.25) is 0 Å². The van der Waals surface area contributed by atoms with Crippen molar-refractivity contribution >= 4 is 11.9 Å². The Morgan fingerprint density at radius 3 is 2.38 bits per heavy atom. The van der Waals surface area contributed by atoms with Crippen LogP contribution < -0.4 is 5.73 Å². The van der Waals surface area contributed by atoms with Crippen LogP contribution >= 0.6 is 0 Å². The molecule has 132 valence electrons. The fourth-order valence-corrected chi connectivity index (χ4v) is 2.34. The molecule has 0 aliphatic heterocycles. The maximum absolute atomic E-state index is 13.2. The van der Waals surface area contributed by atoms with Crippen molar-refractivity contribution < 1.29 is 18.7 Å². The summed E-state index contributed by atoms with van der Waals surface area (Å²) < 4.78 is 19.8. The number of primary amides is 1. The number of ether oxygens (including phenoxy) is 1. The van der Waals surface area contributed by atoms with Crippen molar-refractivity contribution in [1.82, 2.24) is 9.78 Å². The van der Waals surface area contributed by atoms with Gasteiger partial charge in [0.25, 0.3) is 5.91 Å². The summed E-state index contributed by atoms with van der Waals surface area (Å²) >= 11 is 0. The smallest absolute Gasteiger partial charge is 0.342 e. The second-order valence-electron chi connectivity index (χ2n) is 5.63. The highest BCUT2D eigenvalue weighted by atomic mass is 19.1. The third kappa shape index (κ3) is 3.61. The number of benzene rings is 2. The van der Waals surface area contributed by atoms with Gasteiger partial charge in [-0.2, -0.15) is 5.10 Å². The first-order valence-electron chi connectivity index (χ1n) is 7.87. The van der Waals surface area contributed by atoms with Crippen LogP contribution in [-0.4, -0.2) is 27.8 Å². The van der Waals surface area contributed by atoms with E-state index in [4.69, 9.17) is 10.5 Å². The van der Waals surface area contributed by atoms with Gasteiger partial charge in [0, 0.05) is 11.8 Å². The van der Waals surface area contributed by atoms with E-state index in [1.807, 2.05) is 30.3 Å². The van der Waals surface area contributed by atoms with Gasteiger partial charge >= 0.3 is 5.97 Å². The lowest BCUT2D eigenvalue weighted by atomic mass is 10.1. The minimum Gasteiger partial charge on any atom is -0.449 e. The van der Waals surface area contributed by atoms with Crippen molar-refractivity contribution in [2.45, 2.75) is 13.0 Å². The number of carbonyl (C=O) groups excluding carboxylic acids is 2. The Bertz CT molecular complexity index is 936. The molecule has 0 fully saturated rings. The molecule has 2 aromatic carbocycles. The molecule has 0 saturated heterocycles. The molecule has 0 bridgehead atoms. The minimum atomic E-state index is -1.08. The molecular formula is C19H16FN3O3. The standard InChI is InChI=1S/C19H16FN3O3/c1-12(18(21)24)26-19(25)16-11-23(15-5-3-2-4-6-15)22-17(16)13-7-9-14(20)10-8-13/h2-12H,1H3,(H2,21,24)/t12-/m1/s1. The molecule has 3 aromatic rings. The molecule has 2 N–H and O–H groups in total. The van der Waals surface area contributed by atoms with Gasteiger partial charge in [0.1, 0.15) is 17.1 Å². The van der Waals surface area contributed by atoms with E-state index in [0.717, 1.165) is 5.69 Å². The predicted molar refractivity (Wildman–Crippen MR) is 93.0 cm³/mol. The van der Waals surface area contributed by atoms with Gasteiger partial charge in [-0.1, -0.05) is 18.2 Å². The van der Waals surface area contributed by atoms with Gasteiger partial charge in [-0.05, 0) is 43.3 Å². The van der Waals surface area contributed by atoms with Crippen LogP contribution in [0.4, 0.5) is 4.39 Å². The number of hydrogen-bond donors (Lipinski definition) is 1. The van der Waals surface area contributed by atoms with Crippen molar-refractivity contribution in [1.29, 1.82) is 0 Å². The first-order valence-corrected chi connectivity index (χ1v) is 7.87. The summed E-state index contributed by atoms with van der Waals surface area (Å²) in [6, 6.07) is 14.8. The fourth-order valence-electron chi connectivity index (χ4n) is 2.34. The molecule has 0 aliphatic carbocycles. The monoisotopic (exact) mass is 353 g/mol. The van der Waals surface area contributed by atoms with E-state index in [1.165, 1.54) is 42.1 Å². The van der Waals surface area contributed by atoms with Crippen LogP contribution in [0, 0.1) is 5.82 Å². The van der Waals surface area contributed by atoms with Crippen LogP contribution in [0.1, 0.15) is 17.3 Å². The normalized spacial score (nSPS) is 11.8. The Labute approximate surface area is 149 Å². The average molecular weight is 353 g/mol. The average Bonchev–Trinajstić information content (AvgIpc) is 3.08. The summed E-state index contributed by atoms with van der Waals surface area (Å²) in [7, 11) is 0. The quantitative estimate of drug-likeness (QED) is 0.715. The van der Waals surface area contributed by atoms with Crippen LogP contribution in [0.3, 0.4) is 0 Å². The highest BCUT2D eigenvalue weighted by Crippen LogP contribution is 2.25. The van der Waals surface area contributed by atoms with Gasteiger partial charge in [0.2, 0.25) is 0 Å². The van der Waals surface area contributed by atoms with Crippen molar-refractivity contribution in [3.8, 4) is 16.9 Å². The Kier molecular flexibility index (Phi) is 4.79. The van der Waals surface area contributed by atoms with Gasteiger partial charge < -0.3 is 10.5 Å². The largest absolute Gasteiger partial charge is 0.449 e. The van der Waals surface area contributed by atoms with Gasteiger partial charge in [0.05, 0.1) is 5.69 Å². The predicted octanol–water partition coefficient (Wildman–Crippen LogP) is 2.71. The summed E-state index contributed by atoms with van der Waals surface area (Å²) in [4.78, 5) is 23.7. The summed E-state index contributed by atoms with van der Waals surface area (Å²) in [6.45, 7) is 1.39. The molecule has 1 amide bonds. The van der Waals surface area contributed by atoms with E-state index in [0.29, 0.717) is 11.3 Å². The number of hydrogen-bond acceptors (Lipinski definition) is 4. The molecule has 0 saturated carbocycles. The molecule has 0 unspecified atom stereocenters. The number of carbonyl (C=O) groups is 2. The number of aromatic nitrogens is 2. The molecule has 26 heavy (non-hydrogen) atoms. The number of rotatable bonds is 5. The van der Waals surface area contributed by atoms with Crippen LogP contribution in [0.5, 0.6) is 0 Å². The lowest BCUT2D eigenvalue weighted by Gasteiger charge is -2.09. The molecule has 1 heterocycles. The van der Waals surface area contributed by atoms with Crippen LogP contribution in [0.15, 0.2) is 60.8 Å². The van der Waals surface area contributed by atoms with Gasteiger partial charge in [0.15, 0.2) is 6.10 Å². The number of amides is 1. The van der Waals surface area contributed by atoms with Crippen LogP contribution in [-0.2, 0) is 9.53 Å². The zero-order valence-corrected chi connectivity index (χ0v) is 13.9. The Balaban J connectivity index is 2.05. The highest BCUT2D eigenvalue weighted by molar-refractivity contribution is 5.97. The molecule has 1 atom stereocenters. The fraction of sp³-hybridized carbons (Fsp3) is 0.105. The molecule has 7 heteroatoms. The lowest BCUT2D eigenvalue weighted by molar-refractivity contribution is -0.125. The number of nitrogens with two attached hydrogens (primary N) is 1. The van der Waals surface area contributed by atoms with E-state index < -0.39 is 23.8 Å². The van der Waals surface area contributed by atoms with E-state index in [1.54, 1.807) is 0 Å². The number of nitrogens with zero attached hydrogens (tertiary/aromatic N) is 2. The first-order chi connectivity index (χ1) is 12.5. The zero-order valence-electron chi connectivity index (χ0n) is 13.9. The van der Waals surface area contributed by atoms with Crippen molar-refractivity contribution in [2.75, 3.05) is 0 Å². The maximum atomic E-state index is 13.2. The van der Waals surface area contributed by atoms with E-state index >= 15 is 0 Å². The summed E-state index contributed by atoms with van der Waals surface area (Å²) in [6.07, 6.45) is 0.424. The second-order valence-corrected chi connectivity index (χ2v) is 5.63. The molecule has 0 radical (unpaired) electrons. The molecule has 0 spiro atoms. The van der Waals surface area contributed by atoms with Crippen molar-refractivity contribution in [2.24, 2.45) is 5.73 Å². The molecule has 6 nitrogen and oxygen atoms in total. The van der Waals surface area contributed by atoms with Crippen molar-refractivity contribution in [3.63, 3.8) is 0 Å². The molecule has 1 aromatic heterocycles. The zero-order chi connectivity index (χ0) is 18.7. The SMILES string of the molecule is C[C@@H](OC(=O)c1cn(-c2ccccc2)nc1-c1ccc(F)cc1)C(N)=O. The Morgan fingerprint density at radius 1 is 1.12 bits per heavy atom. The number of para-hydroxylation sites is 1. The third-order valence-electron chi connectivity index (χ3n) is 3.76. The summed E-state index contributed by atoms with van der Waals surface area (Å²) in [5.74, 6) is -1.89. The molecule has 0 aliphatic rings. The van der Waals surface area contributed by atoms with E-state index in [2.05, 4.69) is 5.10 Å². The van der Waals surface area contributed by atoms with Crippen molar-refractivity contribution in [3.05, 3.63) is 72.2 Å². The summed E-state index contributed by atoms with van der Waals surface area (Å²) in [5, 5.41) is 4.43. The second kappa shape index (κ2) is 7.18. The minimum absolute atomic E-state index is 0.147. The summed E-state index contributed by atoms with van der Waals surface area (Å²) in [5.41, 5.74) is 6.88. The highest BCUT2D eigenvalue weighted by Gasteiger charge is 2.23. The first kappa shape index (κ1) is 17.3. The lowest BCUT2D eigenvalue weighted by Crippen LogP contribution is -2.30. The van der Waals surface area contributed by atoms with E-state index in [-0.39, 0.29) is 5.56 Å². The Hall–Kier alpha value is -3.48. The van der Waals surface area contributed by atoms with Crippen LogP contribution in [0.25, 0.3) is 16.9 Å². The molecular weight excluding hydrogens is 337 g/mol. The molecule has 3 rings (SSSR count). The number of esters is 1. The number of halogens is 1. The maximum Gasteiger partial charge on any atom is 0.342 e. The van der Waals surface area contributed by atoms with Gasteiger partial charge in [-0.25, -0.2) is 13.9 Å². The van der Waals surface area contributed by atoms with E-state index in [9.17, 15) is 14.0 Å². The Morgan fingerprint density at radius 2 is 1.77 bits per heavy atom. The van der Waals surface area contributed by atoms with Gasteiger partial charge in [-0.15, -0.1) is 0 Å².